The van der Waals surface area contributed by atoms with E-state index < -0.39 is 4.92 Å². The lowest BCUT2D eigenvalue weighted by Crippen LogP contribution is -1.96. The van der Waals surface area contributed by atoms with E-state index in [1.165, 1.54) is 19.2 Å². The molecule has 0 heterocycles. The second-order valence-electron chi connectivity index (χ2n) is 3.04. The number of rotatable bonds is 3. The summed E-state index contributed by atoms with van der Waals surface area (Å²) in [5.74, 6) is -0.126. The summed E-state index contributed by atoms with van der Waals surface area (Å²) in [5.41, 5.74) is 0.617. The molecule has 0 fully saturated rings. The Labute approximate surface area is 87.1 Å². The van der Waals surface area contributed by atoms with Gasteiger partial charge in [0.05, 0.1) is 24.0 Å². The van der Waals surface area contributed by atoms with Crippen molar-refractivity contribution in [2.45, 2.75) is 12.8 Å². The maximum absolute atomic E-state index is 10.6. The number of benzene rings is 1. The third-order valence-corrected chi connectivity index (χ3v) is 2.09. The van der Waals surface area contributed by atoms with Crippen molar-refractivity contribution < 1.29 is 9.66 Å². The summed E-state index contributed by atoms with van der Waals surface area (Å²) in [6.07, 6.45) is 0. The third kappa shape index (κ3) is 2.23. The smallest absolute Gasteiger partial charge is 0.310 e. The molecule has 1 rings (SSSR count). The average Bonchev–Trinajstić information content (AvgIpc) is 2.26. The molecule has 1 aromatic carbocycles. The predicted octanol–water partition coefficient (Wildman–Crippen LogP) is 2.23. The van der Waals surface area contributed by atoms with E-state index in [0.717, 1.165) is 0 Å². The number of nitro groups is 1. The van der Waals surface area contributed by atoms with Gasteiger partial charge in [0.25, 0.3) is 0 Å². The number of nitrogens with zero attached hydrogens (tertiary/aromatic N) is 2. The minimum Gasteiger partial charge on any atom is -0.490 e. The van der Waals surface area contributed by atoms with E-state index >= 15 is 0 Å². The van der Waals surface area contributed by atoms with Crippen molar-refractivity contribution in [2.75, 3.05) is 7.11 Å². The normalized spacial score (nSPS) is 11.5. The molecular weight excluding hydrogens is 196 g/mol. The van der Waals surface area contributed by atoms with Crippen LogP contribution >= 0.6 is 0 Å². The molecule has 1 atom stereocenters. The van der Waals surface area contributed by atoms with Gasteiger partial charge in [-0.3, -0.25) is 10.1 Å². The number of nitro benzene ring substituents is 1. The van der Waals surface area contributed by atoms with Gasteiger partial charge in [-0.1, -0.05) is 6.07 Å². The standard InChI is InChI=1S/C10H10N2O3/c1-7(6-11)8-3-4-9(12(13)14)10(5-8)15-2/h3-5,7H,1-2H3. The molecule has 0 spiro atoms. The summed E-state index contributed by atoms with van der Waals surface area (Å²) in [4.78, 5) is 10.1. The minimum atomic E-state index is -0.514. The minimum absolute atomic E-state index is 0.0913. The van der Waals surface area contributed by atoms with E-state index in [0.29, 0.717) is 5.56 Å². The van der Waals surface area contributed by atoms with E-state index in [9.17, 15) is 10.1 Å². The lowest BCUT2D eigenvalue weighted by Gasteiger charge is -2.06. The quantitative estimate of drug-likeness (QED) is 0.561. The fourth-order valence-electron chi connectivity index (χ4n) is 1.19. The second kappa shape index (κ2) is 4.42. The molecule has 15 heavy (non-hydrogen) atoms. The van der Waals surface area contributed by atoms with Crippen molar-refractivity contribution in [1.82, 2.24) is 0 Å². The summed E-state index contributed by atoms with van der Waals surface area (Å²) >= 11 is 0. The summed E-state index contributed by atoms with van der Waals surface area (Å²) in [5, 5.41) is 19.3. The van der Waals surface area contributed by atoms with E-state index in [4.69, 9.17) is 10.00 Å². The van der Waals surface area contributed by atoms with Gasteiger partial charge in [0.2, 0.25) is 0 Å². The largest absolute Gasteiger partial charge is 0.490 e. The van der Waals surface area contributed by atoms with Crippen molar-refractivity contribution >= 4 is 5.69 Å². The van der Waals surface area contributed by atoms with Gasteiger partial charge in [-0.25, -0.2) is 0 Å². The molecule has 5 heteroatoms. The highest BCUT2D eigenvalue weighted by molar-refractivity contribution is 5.49. The van der Waals surface area contributed by atoms with Gasteiger partial charge >= 0.3 is 5.69 Å². The van der Waals surface area contributed by atoms with Crippen LogP contribution in [0.5, 0.6) is 5.75 Å². The maximum Gasteiger partial charge on any atom is 0.310 e. The Balaban J connectivity index is 3.20. The van der Waals surface area contributed by atoms with Crippen molar-refractivity contribution in [2.24, 2.45) is 0 Å². The van der Waals surface area contributed by atoms with Gasteiger partial charge < -0.3 is 4.74 Å². The first-order chi connectivity index (χ1) is 7.10. The molecule has 0 aliphatic rings. The lowest BCUT2D eigenvalue weighted by molar-refractivity contribution is -0.385. The number of methoxy groups -OCH3 is 1. The summed E-state index contributed by atoms with van der Waals surface area (Å²) in [7, 11) is 1.36. The van der Waals surface area contributed by atoms with Gasteiger partial charge in [-0.15, -0.1) is 0 Å². The van der Waals surface area contributed by atoms with Crippen LogP contribution in [0, 0.1) is 21.4 Å². The fraction of sp³-hybridized carbons (Fsp3) is 0.300. The van der Waals surface area contributed by atoms with Crippen LogP contribution in [0.4, 0.5) is 5.69 Å². The van der Waals surface area contributed by atoms with Gasteiger partial charge in [0, 0.05) is 6.07 Å². The van der Waals surface area contributed by atoms with Gasteiger partial charge in [-0.05, 0) is 18.6 Å². The monoisotopic (exact) mass is 206 g/mol. The van der Waals surface area contributed by atoms with Crippen molar-refractivity contribution in [3.8, 4) is 11.8 Å². The van der Waals surface area contributed by atoms with Crippen molar-refractivity contribution in [3.63, 3.8) is 0 Å². The Morgan fingerprint density at radius 2 is 2.27 bits per heavy atom. The van der Waals surface area contributed by atoms with Gasteiger partial charge in [0.15, 0.2) is 5.75 Å². The summed E-state index contributed by atoms with van der Waals surface area (Å²) < 4.78 is 4.89. The molecule has 1 aromatic rings. The Morgan fingerprint density at radius 1 is 1.60 bits per heavy atom. The topological polar surface area (TPSA) is 76.2 Å². The highest BCUT2D eigenvalue weighted by Crippen LogP contribution is 2.30. The number of hydrogen-bond acceptors (Lipinski definition) is 4. The molecule has 0 aliphatic carbocycles. The SMILES string of the molecule is COc1cc(C(C)C#N)ccc1[N+](=O)[O-]. The van der Waals surface area contributed by atoms with E-state index in [2.05, 4.69) is 6.07 Å². The van der Waals surface area contributed by atoms with Crippen LogP contribution < -0.4 is 4.74 Å². The molecule has 0 N–H and O–H groups in total. The summed E-state index contributed by atoms with van der Waals surface area (Å²) in [6, 6.07) is 6.49. The highest BCUT2D eigenvalue weighted by Gasteiger charge is 2.16. The van der Waals surface area contributed by atoms with E-state index in [1.807, 2.05) is 0 Å². The molecule has 0 bridgehead atoms. The lowest BCUT2D eigenvalue weighted by atomic mass is 10.0. The maximum atomic E-state index is 10.6. The van der Waals surface area contributed by atoms with Crippen LogP contribution in [0.2, 0.25) is 0 Å². The van der Waals surface area contributed by atoms with E-state index in [1.54, 1.807) is 13.0 Å². The first-order valence-corrected chi connectivity index (χ1v) is 4.32. The number of nitriles is 1. The number of ether oxygens (including phenoxy) is 1. The van der Waals surface area contributed by atoms with Crippen LogP contribution in [0.25, 0.3) is 0 Å². The molecule has 0 amide bonds. The molecule has 0 aliphatic heterocycles. The average molecular weight is 206 g/mol. The van der Waals surface area contributed by atoms with Crippen LogP contribution in [0.1, 0.15) is 18.4 Å². The molecule has 0 saturated carbocycles. The van der Waals surface area contributed by atoms with Crippen molar-refractivity contribution in [1.29, 1.82) is 5.26 Å². The fourth-order valence-corrected chi connectivity index (χ4v) is 1.19. The van der Waals surface area contributed by atoms with Gasteiger partial charge in [0.1, 0.15) is 0 Å². The van der Waals surface area contributed by atoms with Crippen LogP contribution in [-0.2, 0) is 0 Å². The molecule has 1 unspecified atom stereocenters. The van der Waals surface area contributed by atoms with Crippen LogP contribution in [0.3, 0.4) is 0 Å². The number of hydrogen-bond donors (Lipinski definition) is 0. The molecule has 0 aromatic heterocycles. The molecular formula is C10H10N2O3. The second-order valence-corrected chi connectivity index (χ2v) is 3.04. The summed E-state index contributed by atoms with van der Waals surface area (Å²) in [6.45, 7) is 1.72. The zero-order chi connectivity index (χ0) is 11.4. The molecule has 0 saturated heterocycles. The first kappa shape index (κ1) is 11.0. The molecule has 5 nitrogen and oxygen atoms in total. The molecule has 0 radical (unpaired) electrons. The Kier molecular flexibility index (Phi) is 3.24. The van der Waals surface area contributed by atoms with Crippen molar-refractivity contribution in [3.05, 3.63) is 33.9 Å². The Hall–Kier alpha value is -2.09. The zero-order valence-corrected chi connectivity index (χ0v) is 8.43. The van der Waals surface area contributed by atoms with Crippen LogP contribution in [0.15, 0.2) is 18.2 Å². The van der Waals surface area contributed by atoms with Gasteiger partial charge in [-0.2, -0.15) is 5.26 Å². The predicted molar refractivity (Wildman–Crippen MR) is 53.7 cm³/mol. The third-order valence-electron chi connectivity index (χ3n) is 2.09. The molecule has 78 valence electrons. The van der Waals surface area contributed by atoms with E-state index in [-0.39, 0.29) is 17.4 Å². The highest BCUT2D eigenvalue weighted by atomic mass is 16.6. The Bertz CT molecular complexity index is 423. The van der Waals surface area contributed by atoms with Crippen LogP contribution in [-0.4, -0.2) is 12.0 Å². The zero-order valence-electron chi connectivity index (χ0n) is 8.43. The Morgan fingerprint density at radius 3 is 2.73 bits per heavy atom. The first-order valence-electron chi connectivity index (χ1n) is 4.32.